The number of rotatable bonds is 6. The van der Waals surface area contributed by atoms with Gasteiger partial charge in [-0.1, -0.05) is 60.1 Å². The summed E-state index contributed by atoms with van der Waals surface area (Å²) in [6.45, 7) is 4.04. The topological polar surface area (TPSA) is 75.7 Å². The number of alkyl halides is 3. The lowest BCUT2D eigenvalue weighted by molar-refractivity contribution is -0.150. The molecule has 1 aromatic carbocycles. The Balaban J connectivity index is 1.62. The summed E-state index contributed by atoms with van der Waals surface area (Å²) in [5.74, 6) is -1.46. The van der Waals surface area contributed by atoms with E-state index in [1.54, 1.807) is 4.90 Å². The number of benzene rings is 1. The number of nitrogens with zero attached hydrogens (tertiary/aromatic N) is 1. The van der Waals surface area contributed by atoms with Crippen LogP contribution in [-0.2, 0) is 25.5 Å². The molecule has 2 amide bonds. The van der Waals surface area contributed by atoms with Gasteiger partial charge in [0.05, 0.1) is 12.3 Å². The van der Waals surface area contributed by atoms with Crippen molar-refractivity contribution in [3.05, 3.63) is 48.0 Å². The number of esters is 1. The van der Waals surface area contributed by atoms with Crippen LogP contribution in [0.4, 0.5) is 0 Å². The first-order valence-electron chi connectivity index (χ1n) is 8.35. The number of ether oxygens (including phenoxy) is 1. The number of hydrogen-bond acceptors (Lipinski definition) is 5. The van der Waals surface area contributed by atoms with Crippen LogP contribution in [0.25, 0.3) is 0 Å². The molecular formula is C18H17Cl3N2O4S. The van der Waals surface area contributed by atoms with E-state index in [-0.39, 0.29) is 30.7 Å². The minimum Gasteiger partial charge on any atom is -0.426 e. The van der Waals surface area contributed by atoms with Crippen LogP contribution in [0, 0.1) is 0 Å². The van der Waals surface area contributed by atoms with Gasteiger partial charge in [-0.2, -0.15) is 0 Å². The van der Waals surface area contributed by atoms with E-state index in [2.05, 4.69) is 11.9 Å². The second-order valence-corrected chi connectivity index (χ2v) is 9.34. The number of β-lactam (4-membered cyclic amide) rings is 1. The van der Waals surface area contributed by atoms with Crippen molar-refractivity contribution in [1.29, 1.82) is 0 Å². The van der Waals surface area contributed by atoms with E-state index in [4.69, 9.17) is 39.5 Å². The standard InChI is InChI=1S/C18H17Cl3N2O4S/c1-10-8-23-15(25)13(22-12(24)7-11-5-3-2-4-6-11)16(23)28-14(10)17(26)27-18(20,21)9-19/h2-6,13-14,16H,1,7-9H2,(H,22,24)/t13?,14?,16-/m1/s1. The van der Waals surface area contributed by atoms with E-state index >= 15 is 0 Å². The van der Waals surface area contributed by atoms with Crippen molar-refractivity contribution >= 4 is 64.3 Å². The van der Waals surface area contributed by atoms with Gasteiger partial charge in [-0.05, 0) is 11.1 Å². The normalized spacial score (nSPS) is 24.2. The van der Waals surface area contributed by atoms with Crippen molar-refractivity contribution in [1.82, 2.24) is 10.2 Å². The van der Waals surface area contributed by atoms with Crippen molar-refractivity contribution in [3.8, 4) is 0 Å². The molecule has 2 fully saturated rings. The molecule has 28 heavy (non-hydrogen) atoms. The van der Waals surface area contributed by atoms with Crippen LogP contribution in [-0.4, -0.2) is 56.3 Å². The van der Waals surface area contributed by atoms with Crippen LogP contribution in [0.1, 0.15) is 5.56 Å². The Labute approximate surface area is 181 Å². The molecule has 0 radical (unpaired) electrons. The van der Waals surface area contributed by atoms with Crippen LogP contribution in [0.15, 0.2) is 42.5 Å². The molecule has 0 spiro atoms. The van der Waals surface area contributed by atoms with Gasteiger partial charge in [0.2, 0.25) is 11.8 Å². The molecule has 0 saturated carbocycles. The van der Waals surface area contributed by atoms with Gasteiger partial charge in [0.1, 0.15) is 16.7 Å². The van der Waals surface area contributed by atoms with E-state index in [1.807, 2.05) is 30.3 Å². The highest BCUT2D eigenvalue weighted by Gasteiger charge is 2.54. The Morgan fingerprint density at radius 1 is 1.32 bits per heavy atom. The van der Waals surface area contributed by atoms with Crippen molar-refractivity contribution in [2.45, 2.75) is 27.6 Å². The second-order valence-electron chi connectivity index (χ2n) is 6.43. The number of carbonyl (C=O) groups is 3. The first kappa shape index (κ1) is 21.3. The van der Waals surface area contributed by atoms with Crippen LogP contribution >= 0.6 is 46.6 Å². The largest absolute Gasteiger partial charge is 0.426 e. The maximum absolute atomic E-state index is 12.4. The number of halogens is 3. The summed E-state index contributed by atoms with van der Waals surface area (Å²) in [6, 6.07) is 8.50. The SMILES string of the molecule is C=C1CN2C(=O)C(NC(=O)Cc3ccccc3)[C@H]2SC1C(=O)OC(Cl)(Cl)CCl. The van der Waals surface area contributed by atoms with Gasteiger partial charge in [0.15, 0.2) is 0 Å². The summed E-state index contributed by atoms with van der Waals surface area (Å²) in [5.41, 5.74) is 1.34. The quantitative estimate of drug-likeness (QED) is 0.304. The second kappa shape index (κ2) is 8.53. The molecule has 1 aromatic rings. The number of thioether (sulfide) groups is 1. The van der Waals surface area contributed by atoms with Crippen molar-refractivity contribution < 1.29 is 19.1 Å². The van der Waals surface area contributed by atoms with E-state index in [9.17, 15) is 14.4 Å². The number of hydrogen-bond donors (Lipinski definition) is 1. The van der Waals surface area contributed by atoms with Gasteiger partial charge in [-0.15, -0.1) is 23.4 Å². The smallest absolute Gasteiger partial charge is 0.326 e. The number of fused-ring (bicyclic) bond motifs is 1. The number of amides is 2. The first-order chi connectivity index (χ1) is 13.2. The first-order valence-corrected chi connectivity index (χ1v) is 10.6. The Hall–Kier alpha value is -1.41. The summed E-state index contributed by atoms with van der Waals surface area (Å²) >= 11 is 18.3. The summed E-state index contributed by atoms with van der Waals surface area (Å²) in [7, 11) is 0. The van der Waals surface area contributed by atoms with E-state index < -0.39 is 27.2 Å². The fourth-order valence-corrected chi connectivity index (χ4v) is 4.55. The monoisotopic (exact) mass is 462 g/mol. The van der Waals surface area contributed by atoms with Crippen molar-refractivity contribution in [2.24, 2.45) is 0 Å². The molecule has 3 atom stereocenters. The highest BCUT2D eigenvalue weighted by molar-refractivity contribution is 8.01. The van der Waals surface area contributed by atoms with Gasteiger partial charge in [0, 0.05) is 6.54 Å². The van der Waals surface area contributed by atoms with Crippen molar-refractivity contribution in [3.63, 3.8) is 0 Å². The lowest BCUT2D eigenvalue weighted by Crippen LogP contribution is -2.72. The van der Waals surface area contributed by atoms with E-state index in [0.717, 1.165) is 17.3 Å². The highest BCUT2D eigenvalue weighted by Crippen LogP contribution is 2.41. The lowest BCUT2D eigenvalue weighted by Gasteiger charge is -2.51. The summed E-state index contributed by atoms with van der Waals surface area (Å²) < 4.78 is 3.18. The minimum atomic E-state index is -1.84. The molecule has 2 unspecified atom stereocenters. The summed E-state index contributed by atoms with van der Waals surface area (Å²) in [4.78, 5) is 38.6. The predicted molar refractivity (Wildman–Crippen MR) is 109 cm³/mol. The molecule has 150 valence electrons. The zero-order valence-corrected chi connectivity index (χ0v) is 17.7. The van der Waals surface area contributed by atoms with Gasteiger partial charge < -0.3 is 15.0 Å². The molecule has 0 aliphatic carbocycles. The fourth-order valence-electron chi connectivity index (χ4n) is 2.97. The molecule has 2 aliphatic heterocycles. The Kier molecular flexibility index (Phi) is 6.49. The molecule has 0 aromatic heterocycles. The Morgan fingerprint density at radius 2 is 2.00 bits per heavy atom. The average Bonchev–Trinajstić information content (AvgIpc) is 2.66. The minimum absolute atomic E-state index is 0.164. The molecule has 1 N–H and O–H groups in total. The van der Waals surface area contributed by atoms with Gasteiger partial charge in [-0.3, -0.25) is 14.4 Å². The highest BCUT2D eigenvalue weighted by atomic mass is 35.5. The molecule has 2 aliphatic rings. The fraction of sp³-hybridized carbons (Fsp3) is 0.389. The summed E-state index contributed by atoms with van der Waals surface area (Å²) in [5, 5.41) is 1.58. The molecular weight excluding hydrogens is 447 g/mol. The zero-order valence-electron chi connectivity index (χ0n) is 14.6. The lowest BCUT2D eigenvalue weighted by atomic mass is 10.0. The van der Waals surface area contributed by atoms with Crippen LogP contribution in [0.3, 0.4) is 0 Å². The summed E-state index contributed by atoms with van der Waals surface area (Å²) in [6.07, 6.45) is 0.164. The van der Waals surface area contributed by atoms with E-state index in [1.165, 1.54) is 0 Å². The van der Waals surface area contributed by atoms with Crippen LogP contribution < -0.4 is 5.32 Å². The third-order valence-electron chi connectivity index (χ3n) is 4.30. The van der Waals surface area contributed by atoms with Gasteiger partial charge >= 0.3 is 5.97 Å². The van der Waals surface area contributed by atoms with Crippen molar-refractivity contribution in [2.75, 3.05) is 12.4 Å². The Morgan fingerprint density at radius 3 is 2.64 bits per heavy atom. The van der Waals surface area contributed by atoms with E-state index in [0.29, 0.717) is 5.57 Å². The number of nitrogens with one attached hydrogen (secondary N) is 1. The Bertz CT molecular complexity index is 805. The maximum Gasteiger partial charge on any atom is 0.326 e. The molecule has 2 saturated heterocycles. The number of carbonyl (C=O) groups excluding carboxylic acids is 3. The third kappa shape index (κ3) is 4.59. The molecule has 6 nitrogen and oxygen atoms in total. The molecule has 0 bridgehead atoms. The zero-order chi connectivity index (χ0) is 20.5. The van der Waals surface area contributed by atoms with Crippen LogP contribution in [0.2, 0.25) is 0 Å². The molecule has 2 heterocycles. The van der Waals surface area contributed by atoms with Crippen LogP contribution in [0.5, 0.6) is 0 Å². The predicted octanol–water partition coefficient (Wildman–Crippen LogP) is 2.47. The molecule has 10 heteroatoms. The van der Waals surface area contributed by atoms with Gasteiger partial charge in [-0.25, -0.2) is 0 Å². The third-order valence-corrected chi connectivity index (χ3v) is 6.98. The molecule has 3 rings (SSSR count). The average molecular weight is 464 g/mol. The maximum atomic E-state index is 12.4. The van der Waals surface area contributed by atoms with Gasteiger partial charge in [0.25, 0.3) is 4.52 Å².